The van der Waals surface area contributed by atoms with E-state index in [2.05, 4.69) is 57.0 Å². The highest BCUT2D eigenvalue weighted by Crippen LogP contribution is 2.23. The number of anilines is 1. The lowest BCUT2D eigenvalue weighted by molar-refractivity contribution is -0.113. The number of methoxy groups -OCH3 is 1. The molecule has 2 aromatic heterocycles. The number of amides is 1. The Hall–Kier alpha value is -3.24. The summed E-state index contributed by atoms with van der Waals surface area (Å²) >= 11 is 2.73. The zero-order chi connectivity index (χ0) is 21.6. The summed E-state index contributed by atoms with van der Waals surface area (Å²) in [7, 11) is 1.61. The highest BCUT2D eigenvalue weighted by molar-refractivity contribution is 7.99. The third-order valence-electron chi connectivity index (χ3n) is 4.39. The maximum atomic E-state index is 12.4. The molecule has 0 spiro atoms. The van der Waals surface area contributed by atoms with E-state index in [0.717, 1.165) is 22.7 Å². The van der Waals surface area contributed by atoms with Crippen molar-refractivity contribution in [3.8, 4) is 11.4 Å². The number of carbonyl (C=O) groups excluding carboxylic acids is 1. The zero-order valence-electron chi connectivity index (χ0n) is 17.0. The highest BCUT2D eigenvalue weighted by atomic mass is 32.2. The third-order valence-corrected chi connectivity index (χ3v) is 6.22. The smallest absolute Gasteiger partial charge is 0.236 e. The summed E-state index contributed by atoms with van der Waals surface area (Å²) < 4.78 is 6.75. The standard InChI is InChI=1S/C21H20N6O2S2/c1-14-3-5-15(6-4-14)11-18-12-22-20(31-18)23-19(28)13-30-21-24-25-26-27(21)16-7-9-17(29-2)10-8-16/h3-10,12H,11,13H2,1-2H3,(H,22,23,28). The molecular formula is C21H20N6O2S2. The molecule has 0 saturated heterocycles. The van der Waals surface area contributed by atoms with Crippen molar-refractivity contribution < 1.29 is 9.53 Å². The van der Waals surface area contributed by atoms with Crippen molar-refractivity contribution in [2.45, 2.75) is 18.5 Å². The van der Waals surface area contributed by atoms with Crippen molar-refractivity contribution >= 4 is 34.1 Å². The first-order chi connectivity index (χ1) is 15.1. The van der Waals surface area contributed by atoms with Crippen molar-refractivity contribution in [2.24, 2.45) is 0 Å². The van der Waals surface area contributed by atoms with Gasteiger partial charge in [0, 0.05) is 17.5 Å². The van der Waals surface area contributed by atoms with E-state index < -0.39 is 0 Å². The van der Waals surface area contributed by atoms with Crippen LogP contribution in [-0.2, 0) is 11.2 Å². The van der Waals surface area contributed by atoms with E-state index in [1.165, 1.54) is 34.2 Å². The van der Waals surface area contributed by atoms with E-state index in [9.17, 15) is 4.79 Å². The van der Waals surface area contributed by atoms with Crippen molar-refractivity contribution in [3.05, 3.63) is 70.7 Å². The Balaban J connectivity index is 1.32. The zero-order valence-corrected chi connectivity index (χ0v) is 18.6. The van der Waals surface area contributed by atoms with Crippen LogP contribution in [0.25, 0.3) is 5.69 Å². The van der Waals surface area contributed by atoms with E-state index in [-0.39, 0.29) is 11.7 Å². The molecule has 8 nitrogen and oxygen atoms in total. The molecule has 0 atom stereocenters. The van der Waals surface area contributed by atoms with Gasteiger partial charge in [0.05, 0.1) is 18.6 Å². The summed E-state index contributed by atoms with van der Waals surface area (Å²) in [6, 6.07) is 15.8. The van der Waals surface area contributed by atoms with Crippen LogP contribution in [0.15, 0.2) is 59.9 Å². The van der Waals surface area contributed by atoms with Crippen LogP contribution in [0.3, 0.4) is 0 Å². The molecule has 0 saturated carbocycles. The number of ether oxygens (including phenoxy) is 1. The first kappa shape index (κ1) is 21.0. The van der Waals surface area contributed by atoms with Crippen LogP contribution in [0.1, 0.15) is 16.0 Å². The number of aryl methyl sites for hydroxylation is 1. The lowest BCUT2D eigenvalue weighted by Crippen LogP contribution is -2.14. The molecule has 31 heavy (non-hydrogen) atoms. The van der Waals surface area contributed by atoms with E-state index in [4.69, 9.17) is 4.74 Å². The van der Waals surface area contributed by atoms with Crippen molar-refractivity contribution in [1.29, 1.82) is 0 Å². The summed E-state index contributed by atoms with van der Waals surface area (Å²) in [5, 5.41) is 15.7. The van der Waals surface area contributed by atoms with E-state index in [0.29, 0.717) is 10.3 Å². The SMILES string of the molecule is COc1ccc(-n2nnnc2SCC(=O)Nc2ncc(Cc3ccc(C)cc3)s2)cc1. The van der Waals surface area contributed by atoms with Crippen LogP contribution < -0.4 is 10.1 Å². The summed E-state index contributed by atoms with van der Waals surface area (Å²) in [5.41, 5.74) is 3.24. The van der Waals surface area contributed by atoms with Crippen LogP contribution in [0.5, 0.6) is 5.75 Å². The molecule has 0 aliphatic heterocycles. The molecule has 1 amide bonds. The van der Waals surface area contributed by atoms with Gasteiger partial charge in [-0.1, -0.05) is 41.6 Å². The Morgan fingerprint density at radius 3 is 2.68 bits per heavy atom. The molecule has 0 bridgehead atoms. The van der Waals surface area contributed by atoms with Gasteiger partial charge in [-0.3, -0.25) is 4.79 Å². The maximum Gasteiger partial charge on any atom is 0.236 e. The quantitative estimate of drug-likeness (QED) is 0.407. The van der Waals surface area contributed by atoms with Gasteiger partial charge in [0.1, 0.15) is 5.75 Å². The minimum atomic E-state index is -0.162. The molecule has 0 aliphatic rings. The van der Waals surface area contributed by atoms with Gasteiger partial charge in [-0.25, -0.2) is 4.98 Å². The minimum Gasteiger partial charge on any atom is -0.497 e. The molecule has 4 aromatic rings. The normalized spacial score (nSPS) is 10.8. The number of thioether (sulfide) groups is 1. The van der Waals surface area contributed by atoms with Crippen LogP contribution in [0.2, 0.25) is 0 Å². The summed E-state index contributed by atoms with van der Waals surface area (Å²) in [5.74, 6) is 0.754. The predicted octanol–water partition coefficient (Wildman–Crippen LogP) is 3.76. The number of hydrogen-bond acceptors (Lipinski definition) is 8. The topological polar surface area (TPSA) is 94.8 Å². The second-order valence-corrected chi connectivity index (χ2v) is 8.76. The molecular weight excluding hydrogens is 432 g/mol. The van der Waals surface area contributed by atoms with Gasteiger partial charge in [-0.2, -0.15) is 4.68 Å². The first-order valence-corrected chi connectivity index (χ1v) is 11.3. The Morgan fingerprint density at radius 1 is 1.16 bits per heavy atom. The fraction of sp³-hybridized carbons (Fsp3) is 0.190. The second kappa shape index (κ2) is 9.71. The van der Waals surface area contributed by atoms with Crippen LogP contribution in [0, 0.1) is 6.92 Å². The Kier molecular flexibility index (Phi) is 6.58. The summed E-state index contributed by atoms with van der Waals surface area (Å²) in [4.78, 5) is 17.8. The van der Waals surface area contributed by atoms with Crippen molar-refractivity contribution in [3.63, 3.8) is 0 Å². The van der Waals surface area contributed by atoms with Gasteiger partial charge in [0.15, 0.2) is 5.13 Å². The lowest BCUT2D eigenvalue weighted by Gasteiger charge is -2.05. The molecule has 1 N–H and O–H groups in total. The molecule has 4 rings (SSSR count). The summed E-state index contributed by atoms with van der Waals surface area (Å²) in [6.45, 7) is 2.07. The van der Waals surface area contributed by atoms with Crippen molar-refractivity contribution in [1.82, 2.24) is 25.2 Å². The minimum absolute atomic E-state index is 0.162. The molecule has 0 unspecified atom stereocenters. The number of rotatable bonds is 8. The number of thiazole rings is 1. The molecule has 0 aliphatic carbocycles. The van der Waals surface area contributed by atoms with Gasteiger partial charge >= 0.3 is 0 Å². The van der Waals surface area contributed by atoms with Crippen LogP contribution >= 0.6 is 23.1 Å². The Labute approximate surface area is 187 Å². The van der Waals surface area contributed by atoms with E-state index in [1.54, 1.807) is 18.0 Å². The number of aromatic nitrogens is 5. The first-order valence-electron chi connectivity index (χ1n) is 9.46. The molecule has 158 valence electrons. The maximum absolute atomic E-state index is 12.4. The Bertz CT molecular complexity index is 1160. The predicted molar refractivity (Wildman–Crippen MR) is 121 cm³/mol. The fourth-order valence-electron chi connectivity index (χ4n) is 2.79. The lowest BCUT2D eigenvalue weighted by atomic mass is 10.1. The van der Waals surface area contributed by atoms with Gasteiger partial charge in [0.2, 0.25) is 11.1 Å². The fourth-order valence-corrected chi connectivity index (χ4v) is 4.35. The van der Waals surface area contributed by atoms with Crippen LogP contribution in [-0.4, -0.2) is 44.0 Å². The average molecular weight is 453 g/mol. The largest absolute Gasteiger partial charge is 0.497 e. The van der Waals surface area contributed by atoms with Gasteiger partial charge in [0.25, 0.3) is 0 Å². The van der Waals surface area contributed by atoms with Gasteiger partial charge in [-0.05, 0) is 47.2 Å². The monoisotopic (exact) mass is 452 g/mol. The highest BCUT2D eigenvalue weighted by Gasteiger charge is 2.13. The van der Waals surface area contributed by atoms with E-state index in [1.807, 2.05) is 24.3 Å². The van der Waals surface area contributed by atoms with Gasteiger partial charge in [-0.15, -0.1) is 16.4 Å². The number of hydrogen-bond donors (Lipinski definition) is 1. The molecule has 0 radical (unpaired) electrons. The molecule has 2 aromatic carbocycles. The number of carbonyl (C=O) groups is 1. The van der Waals surface area contributed by atoms with E-state index >= 15 is 0 Å². The summed E-state index contributed by atoms with van der Waals surface area (Å²) in [6.07, 6.45) is 2.59. The average Bonchev–Trinajstić information content (AvgIpc) is 3.43. The Morgan fingerprint density at radius 2 is 1.94 bits per heavy atom. The second-order valence-electron chi connectivity index (χ2n) is 6.70. The molecule has 10 heteroatoms. The third kappa shape index (κ3) is 5.47. The number of tetrazole rings is 1. The number of nitrogens with one attached hydrogen (secondary N) is 1. The van der Waals surface area contributed by atoms with Crippen LogP contribution in [0.4, 0.5) is 5.13 Å². The molecule has 2 heterocycles. The van der Waals surface area contributed by atoms with Gasteiger partial charge < -0.3 is 10.1 Å². The number of benzene rings is 2. The molecule has 0 fully saturated rings. The van der Waals surface area contributed by atoms with Crippen molar-refractivity contribution in [2.75, 3.05) is 18.2 Å². The number of nitrogens with zero attached hydrogens (tertiary/aromatic N) is 5.